The molecule has 1 heterocycles. The summed E-state index contributed by atoms with van der Waals surface area (Å²) in [5.41, 5.74) is 1.28. The van der Waals surface area contributed by atoms with Gasteiger partial charge in [-0.05, 0) is 70.7 Å². The van der Waals surface area contributed by atoms with Crippen LogP contribution in [-0.2, 0) is 4.79 Å². The number of rotatable bonds is 6. The Balaban J connectivity index is 0.00000243. The summed E-state index contributed by atoms with van der Waals surface area (Å²) in [5.74, 6) is 1.18. The Labute approximate surface area is 169 Å². The number of likely N-dealkylation sites (tertiary alicyclic amines) is 1. The topological polar surface area (TPSA) is 32.3 Å². The molecule has 1 amide bonds. The fraction of sp³-hybridized carbons (Fsp3) is 0.667. The Kier molecular flexibility index (Phi) is 8.31. The highest BCUT2D eigenvalue weighted by atomic mass is 35.5. The molecule has 1 aromatic rings. The van der Waals surface area contributed by atoms with Gasteiger partial charge in [-0.15, -0.1) is 24.2 Å². The molecule has 0 aromatic heterocycles. The van der Waals surface area contributed by atoms with Gasteiger partial charge in [0, 0.05) is 18.0 Å². The molecular formula is C21H33ClN2OS. The van der Waals surface area contributed by atoms with Crippen LogP contribution in [0.1, 0.15) is 50.5 Å². The normalized spacial score (nSPS) is 20.0. The minimum absolute atomic E-state index is 0. The van der Waals surface area contributed by atoms with Crippen LogP contribution < -0.4 is 5.32 Å². The molecule has 3 nitrogen and oxygen atoms in total. The summed E-state index contributed by atoms with van der Waals surface area (Å²) in [6.45, 7) is 5.10. The standard InChI is InChI=1S/C21H32N2OS.ClH/c1-17-5-7-19(8-6-17)25-21(12-3-4-13-21)20(24)23-15-10-18(11-16-23)9-14-22-2;/h5-8,18,22H,3-4,9-16H2,1-2H3;1H. The highest BCUT2D eigenvalue weighted by Crippen LogP contribution is 2.47. The molecule has 1 saturated heterocycles. The molecule has 0 unspecified atom stereocenters. The number of benzene rings is 1. The third-order valence-electron chi connectivity index (χ3n) is 5.84. The van der Waals surface area contributed by atoms with Crippen LogP contribution in [-0.4, -0.2) is 42.2 Å². The van der Waals surface area contributed by atoms with Crippen molar-refractivity contribution in [2.75, 3.05) is 26.7 Å². The number of piperidine rings is 1. The molecule has 1 aromatic carbocycles. The average molecular weight is 397 g/mol. The lowest BCUT2D eigenvalue weighted by atomic mass is 9.92. The van der Waals surface area contributed by atoms with Gasteiger partial charge in [0.25, 0.3) is 0 Å². The van der Waals surface area contributed by atoms with Crippen molar-refractivity contribution >= 4 is 30.1 Å². The van der Waals surface area contributed by atoms with E-state index in [1.54, 1.807) is 0 Å². The predicted molar refractivity (Wildman–Crippen MR) is 113 cm³/mol. The highest BCUT2D eigenvalue weighted by molar-refractivity contribution is 8.01. The molecule has 0 bridgehead atoms. The maximum atomic E-state index is 13.4. The molecule has 3 rings (SSSR count). The monoisotopic (exact) mass is 396 g/mol. The van der Waals surface area contributed by atoms with E-state index in [2.05, 4.69) is 41.4 Å². The zero-order chi connectivity index (χ0) is 17.7. The molecule has 0 radical (unpaired) electrons. The van der Waals surface area contributed by atoms with Gasteiger partial charge in [-0.2, -0.15) is 0 Å². The van der Waals surface area contributed by atoms with Crippen LogP contribution in [0.2, 0.25) is 0 Å². The van der Waals surface area contributed by atoms with E-state index in [0.717, 1.165) is 38.4 Å². The van der Waals surface area contributed by atoms with Gasteiger partial charge in [0.15, 0.2) is 0 Å². The highest BCUT2D eigenvalue weighted by Gasteiger charge is 2.45. The number of hydrogen-bond acceptors (Lipinski definition) is 3. The fourth-order valence-corrected chi connectivity index (χ4v) is 5.63. The SMILES string of the molecule is CNCCC1CCN(C(=O)C2(Sc3ccc(C)cc3)CCCC2)CC1.Cl. The maximum absolute atomic E-state index is 13.4. The van der Waals surface area contributed by atoms with E-state index in [1.807, 2.05) is 18.8 Å². The van der Waals surface area contributed by atoms with Crippen LogP contribution >= 0.6 is 24.2 Å². The van der Waals surface area contributed by atoms with Crippen LogP contribution in [0, 0.1) is 12.8 Å². The average Bonchev–Trinajstić information content (AvgIpc) is 3.11. The first kappa shape index (κ1) is 21.6. The van der Waals surface area contributed by atoms with Crippen molar-refractivity contribution in [1.82, 2.24) is 10.2 Å². The molecule has 1 saturated carbocycles. The van der Waals surface area contributed by atoms with Crippen molar-refractivity contribution < 1.29 is 4.79 Å². The van der Waals surface area contributed by atoms with Crippen LogP contribution in [0.3, 0.4) is 0 Å². The zero-order valence-electron chi connectivity index (χ0n) is 16.1. The van der Waals surface area contributed by atoms with Gasteiger partial charge in [0.2, 0.25) is 5.91 Å². The summed E-state index contributed by atoms with van der Waals surface area (Å²) >= 11 is 1.82. The van der Waals surface area contributed by atoms with E-state index in [9.17, 15) is 4.79 Å². The summed E-state index contributed by atoms with van der Waals surface area (Å²) in [4.78, 5) is 16.8. The molecule has 0 atom stereocenters. The van der Waals surface area contributed by atoms with Crippen molar-refractivity contribution in [2.45, 2.75) is 61.5 Å². The maximum Gasteiger partial charge on any atom is 0.239 e. The Morgan fingerprint density at radius 1 is 1.19 bits per heavy atom. The van der Waals surface area contributed by atoms with Gasteiger partial charge in [-0.25, -0.2) is 0 Å². The lowest BCUT2D eigenvalue weighted by Gasteiger charge is -2.38. The Bertz CT molecular complexity index is 564. The van der Waals surface area contributed by atoms with Crippen LogP contribution in [0.4, 0.5) is 0 Å². The summed E-state index contributed by atoms with van der Waals surface area (Å²) in [6.07, 6.45) is 8.00. The van der Waals surface area contributed by atoms with Crippen molar-refractivity contribution in [1.29, 1.82) is 0 Å². The van der Waals surface area contributed by atoms with Gasteiger partial charge < -0.3 is 10.2 Å². The van der Waals surface area contributed by atoms with Crippen molar-refractivity contribution in [3.05, 3.63) is 29.8 Å². The van der Waals surface area contributed by atoms with E-state index in [1.165, 1.54) is 42.6 Å². The molecule has 146 valence electrons. The third kappa shape index (κ3) is 5.17. The molecule has 26 heavy (non-hydrogen) atoms. The lowest BCUT2D eigenvalue weighted by molar-refractivity contribution is -0.135. The van der Waals surface area contributed by atoms with Gasteiger partial charge in [-0.3, -0.25) is 4.79 Å². The Morgan fingerprint density at radius 3 is 2.38 bits per heavy atom. The van der Waals surface area contributed by atoms with E-state index in [4.69, 9.17) is 0 Å². The van der Waals surface area contributed by atoms with Gasteiger partial charge in [0.1, 0.15) is 0 Å². The fourth-order valence-electron chi connectivity index (χ4n) is 4.20. The molecule has 1 aliphatic carbocycles. The smallest absolute Gasteiger partial charge is 0.239 e. The van der Waals surface area contributed by atoms with E-state index < -0.39 is 0 Å². The van der Waals surface area contributed by atoms with Gasteiger partial charge in [0.05, 0.1) is 4.75 Å². The van der Waals surface area contributed by atoms with Crippen LogP contribution in [0.5, 0.6) is 0 Å². The minimum atomic E-state index is -0.215. The van der Waals surface area contributed by atoms with E-state index in [0.29, 0.717) is 5.91 Å². The molecule has 0 spiro atoms. The number of aryl methyl sites for hydroxylation is 1. The summed E-state index contributed by atoms with van der Waals surface area (Å²) in [5, 5.41) is 3.25. The number of thioether (sulfide) groups is 1. The summed E-state index contributed by atoms with van der Waals surface area (Å²) < 4.78 is -0.215. The van der Waals surface area contributed by atoms with Crippen molar-refractivity contribution in [3.63, 3.8) is 0 Å². The molecular weight excluding hydrogens is 364 g/mol. The van der Waals surface area contributed by atoms with E-state index in [-0.39, 0.29) is 17.2 Å². The zero-order valence-corrected chi connectivity index (χ0v) is 17.8. The molecule has 2 aliphatic rings. The van der Waals surface area contributed by atoms with Crippen LogP contribution in [0.15, 0.2) is 29.2 Å². The molecule has 1 aliphatic heterocycles. The number of amides is 1. The second-order valence-electron chi connectivity index (χ2n) is 7.74. The number of nitrogens with one attached hydrogen (secondary N) is 1. The number of carbonyl (C=O) groups excluding carboxylic acids is 1. The minimum Gasteiger partial charge on any atom is -0.341 e. The predicted octanol–water partition coefficient (Wildman–Crippen LogP) is 4.67. The third-order valence-corrected chi connectivity index (χ3v) is 7.32. The summed E-state index contributed by atoms with van der Waals surface area (Å²) in [6, 6.07) is 8.67. The van der Waals surface area contributed by atoms with Crippen molar-refractivity contribution in [2.24, 2.45) is 5.92 Å². The number of carbonyl (C=O) groups is 1. The van der Waals surface area contributed by atoms with E-state index >= 15 is 0 Å². The molecule has 5 heteroatoms. The van der Waals surface area contributed by atoms with Crippen molar-refractivity contribution in [3.8, 4) is 0 Å². The second kappa shape index (κ2) is 10.0. The largest absolute Gasteiger partial charge is 0.341 e. The number of nitrogens with zero attached hydrogens (tertiary/aromatic N) is 1. The number of halogens is 1. The lowest BCUT2D eigenvalue weighted by Crippen LogP contribution is -2.48. The second-order valence-corrected chi connectivity index (χ2v) is 9.20. The first-order valence-corrected chi connectivity index (χ1v) is 10.6. The number of hydrogen-bond donors (Lipinski definition) is 1. The van der Waals surface area contributed by atoms with Gasteiger partial charge in [-0.1, -0.05) is 30.5 Å². The summed E-state index contributed by atoms with van der Waals surface area (Å²) in [7, 11) is 2.02. The quantitative estimate of drug-likeness (QED) is 0.758. The molecule has 2 fully saturated rings. The van der Waals surface area contributed by atoms with Crippen LogP contribution in [0.25, 0.3) is 0 Å². The Hall–Kier alpha value is -0.710. The first-order chi connectivity index (χ1) is 12.1. The Morgan fingerprint density at radius 2 is 1.81 bits per heavy atom. The molecule has 1 N–H and O–H groups in total. The first-order valence-electron chi connectivity index (χ1n) is 9.83. The van der Waals surface area contributed by atoms with Gasteiger partial charge >= 0.3 is 0 Å².